The number of nitrogens with zero attached hydrogens (tertiary/aromatic N) is 1. The summed E-state index contributed by atoms with van der Waals surface area (Å²) in [6.07, 6.45) is 1.21. The fourth-order valence-corrected chi connectivity index (χ4v) is 2.83. The van der Waals surface area contributed by atoms with Crippen LogP contribution in [0.25, 0.3) is 0 Å². The van der Waals surface area contributed by atoms with Crippen LogP contribution in [0, 0.1) is 0 Å². The summed E-state index contributed by atoms with van der Waals surface area (Å²) in [6.45, 7) is 8.86. The van der Waals surface area contributed by atoms with E-state index in [9.17, 15) is 0 Å². The average Bonchev–Trinajstić information content (AvgIpc) is 2.55. The van der Waals surface area contributed by atoms with Gasteiger partial charge in [0.05, 0.1) is 6.61 Å². The highest BCUT2D eigenvalue weighted by Crippen LogP contribution is 2.27. The number of likely N-dealkylation sites (N-methyl/N-ethyl adjacent to an activating group) is 1. The van der Waals surface area contributed by atoms with Crippen LogP contribution in [0.2, 0.25) is 0 Å². The molecule has 0 radical (unpaired) electrons. The Kier molecular flexibility index (Phi) is 6.49. The number of nitrogens with one attached hydrogen (secondary N) is 1. The van der Waals surface area contributed by atoms with Gasteiger partial charge in [-0.25, -0.2) is 0 Å². The van der Waals surface area contributed by atoms with Crippen molar-refractivity contribution in [3.05, 3.63) is 29.8 Å². The van der Waals surface area contributed by atoms with E-state index in [2.05, 4.69) is 42.3 Å². The molecular formula is C17H28N2O2. The van der Waals surface area contributed by atoms with Gasteiger partial charge in [-0.1, -0.05) is 32.0 Å². The van der Waals surface area contributed by atoms with Gasteiger partial charge in [0.1, 0.15) is 18.5 Å². The lowest BCUT2D eigenvalue weighted by molar-refractivity contribution is -0.0465. The van der Waals surface area contributed by atoms with Crippen LogP contribution in [0.1, 0.15) is 31.9 Å². The van der Waals surface area contributed by atoms with Gasteiger partial charge in [-0.05, 0) is 26.1 Å². The summed E-state index contributed by atoms with van der Waals surface area (Å²) in [5.74, 6) is 0.968. The first kappa shape index (κ1) is 16.3. The zero-order valence-corrected chi connectivity index (χ0v) is 13.5. The number of para-hydroxylation sites is 1. The second-order valence-electron chi connectivity index (χ2n) is 5.48. The zero-order chi connectivity index (χ0) is 15.1. The smallest absolute Gasteiger partial charge is 0.124 e. The Morgan fingerprint density at radius 2 is 2.19 bits per heavy atom. The normalized spacial score (nSPS) is 21.2. The van der Waals surface area contributed by atoms with Crippen molar-refractivity contribution in [1.82, 2.24) is 10.2 Å². The lowest BCUT2D eigenvalue weighted by Crippen LogP contribution is -2.44. The van der Waals surface area contributed by atoms with Gasteiger partial charge in [0, 0.05) is 24.7 Å². The predicted octanol–water partition coefficient (Wildman–Crippen LogP) is 2.46. The van der Waals surface area contributed by atoms with Gasteiger partial charge in [-0.2, -0.15) is 0 Å². The van der Waals surface area contributed by atoms with E-state index in [4.69, 9.17) is 9.47 Å². The molecule has 0 aliphatic carbocycles. The maximum atomic E-state index is 6.06. The highest BCUT2D eigenvalue weighted by Gasteiger charge is 2.20. The van der Waals surface area contributed by atoms with E-state index in [0.29, 0.717) is 12.6 Å². The van der Waals surface area contributed by atoms with Crippen molar-refractivity contribution in [2.45, 2.75) is 32.4 Å². The maximum Gasteiger partial charge on any atom is 0.124 e. The van der Waals surface area contributed by atoms with Crippen molar-refractivity contribution in [2.24, 2.45) is 0 Å². The molecule has 0 bridgehead atoms. The third kappa shape index (κ3) is 4.43. The molecule has 2 unspecified atom stereocenters. The second-order valence-corrected chi connectivity index (χ2v) is 5.48. The van der Waals surface area contributed by atoms with Crippen LogP contribution in [-0.4, -0.2) is 50.9 Å². The largest absolute Gasteiger partial charge is 0.490 e. The molecule has 1 N–H and O–H groups in total. The Hall–Kier alpha value is -1.10. The van der Waals surface area contributed by atoms with Gasteiger partial charge >= 0.3 is 0 Å². The van der Waals surface area contributed by atoms with Gasteiger partial charge in [0.25, 0.3) is 0 Å². The van der Waals surface area contributed by atoms with E-state index in [1.54, 1.807) is 0 Å². The number of morpholine rings is 1. The molecule has 4 heteroatoms. The molecule has 1 heterocycles. The fraction of sp³-hybridized carbons (Fsp3) is 0.647. The third-order valence-electron chi connectivity index (χ3n) is 4.15. The van der Waals surface area contributed by atoms with E-state index in [0.717, 1.165) is 38.4 Å². The van der Waals surface area contributed by atoms with Crippen molar-refractivity contribution in [1.29, 1.82) is 0 Å². The van der Waals surface area contributed by atoms with Crippen molar-refractivity contribution in [2.75, 3.05) is 39.9 Å². The lowest BCUT2D eigenvalue weighted by atomic mass is 10.0. The summed E-state index contributed by atoms with van der Waals surface area (Å²) in [7, 11) is 1.99. The second kappa shape index (κ2) is 8.37. The van der Waals surface area contributed by atoms with Gasteiger partial charge in [-0.15, -0.1) is 0 Å². The van der Waals surface area contributed by atoms with E-state index in [1.165, 1.54) is 5.56 Å². The van der Waals surface area contributed by atoms with Crippen molar-refractivity contribution >= 4 is 0 Å². The predicted molar refractivity (Wildman–Crippen MR) is 85.9 cm³/mol. The van der Waals surface area contributed by atoms with E-state index in [1.807, 2.05) is 13.1 Å². The molecule has 2 atom stereocenters. The molecular weight excluding hydrogens is 264 g/mol. The summed E-state index contributed by atoms with van der Waals surface area (Å²) in [5, 5.41) is 3.34. The van der Waals surface area contributed by atoms with Crippen LogP contribution in [0.15, 0.2) is 24.3 Å². The van der Waals surface area contributed by atoms with E-state index < -0.39 is 0 Å². The number of rotatable bonds is 7. The molecule has 1 aromatic carbocycles. The Morgan fingerprint density at radius 3 is 2.90 bits per heavy atom. The summed E-state index contributed by atoms with van der Waals surface area (Å²) < 4.78 is 11.9. The standard InChI is InChI=1S/C17H28N2O2/c1-4-16(18-3)15-8-6-7-9-17(15)21-13-14-12-19(5-2)10-11-20-14/h6-9,14,16,18H,4-5,10-13H2,1-3H3. The van der Waals surface area contributed by atoms with Gasteiger partial charge in [0.15, 0.2) is 0 Å². The Labute approximate surface area is 128 Å². The number of hydrogen-bond donors (Lipinski definition) is 1. The van der Waals surface area contributed by atoms with Crippen molar-refractivity contribution in [3.63, 3.8) is 0 Å². The first-order valence-electron chi connectivity index (χ1n) is 8.01. The lowest BCUT2D eigenvalue weighted by Gasteiger charge is -2.32. The van der Waals surface area contributed by atoms with Crippen molar-refractivity contribution < 1.29 is 9.47 Å². The van der Waals surface area contributed by atoms with Crippen LogP contribution >= 0.6 is 0 Å². The molecule has 1 saturated heterocycles. The molecule has 2 rings (SSSR count). The monoisotopic (exact) mass is 292 g/mol. The molecule has 1 aliphatic rings. The summed E-state index contributed by atoms with van der Waals surface area (Å²) in [4.78, 5) is 2.41. The molecule has 1 aliphatic heterocycles. The quantitative estimate of drug-likeness (QED) is 0.837. The van der Waals surface area contributed by atoms with Gasteiger partial charge < -0.3 is 14.8 Å². The highest BCUT2D eigenvalue weighted by atomic mass is 16.5. The molecule has 118 valence electrons. The molecule has 1 fully saturated rings. The van der Waals surface area contributed by atoms with Gasteiger partial charge in [-0.3, -0.25) is 4.90 Å². The molecule has 0 amide bonds. The van der Waals surface area contributed by atoms with E-state index in [-0.39, 0.29) is 6.10 Å². The van der Waals surface area contributed by atoms with Crippen LogP contribution in [-0.2, 0) is 4.74 Å². The van der Waals surface area contributed by atoms with Crippen LogP contribution < -0.4 is 10.1 Å². The Morgan fingerprint density at radius 1 is 1.38 bits per heavy atom. The first-order valence-corrected chi connectivity index (χ1v) is 8.01. The molecule has 1 aromatic rings. The fourth-order valence-electron chi connectivity index (χ4n) is 2.83. The minimum absolute atomic E-state index is 0.168. The Balaban J connectivity index is 1.96. The van der Waals surface area contributed by atoms with Crippen LogP contribution in [0.5, 0.6) is 5.75 Å². The summed E-state index contributed by atoms with van der Waals surface area (Å²) in [5.41, 5.74) is 1.23. The Bertz CT molecular complexity index is 421. The molecule has 4 nitrogen and oxygen atoms in total. The zero-order valence-electron chi connectivity index (χ0n) is 13.5. The number of benzene rings is 1. The summed E-state index contributed by atoms with van der Waals surface area (Å²) in [6, 6.07) is 8.62. The number of ether oxygens (including phenoxy) is 2. The maximum absolute atomic E-state index is 6.06. The minimum Gasteiger partial charge on any atom is -0.490 e. The average molecular weight is 292 g/mol. The van der Waals surface area contributed by atoms with Crippen molar-refractivity contribution in [3.8, 4) is 5.75 Å². The topological polar surface area (TPSA) is 33.7 Å². The van der Waals surface area contributed by atoms with Crippen LogP contribution in [0.4, 0.5) is 0 Å². The molecule has 0 aromatic heterocycles. The van der Waals surface area contributed by atoms with Gasteiger partial charge in [0.2, 0.25) is 0 Å². The third-order valence-corrected chi connectivity index (χ3v) is 4.15. The SMILES string of the molecule is CCC(NC)c1ccccc1OCC1CN(CC)CCO1. The summed E-state index contributed by atoms with van der Waals surface area (Å²) >= 11 is 0. The molecule has 0 spiro atoms. The minimum atomic E-state index is 0.168. The number of hydrogen-bond acceptors (Lipinski definition) is 4. The molecule has 21 heavy (non-hydrogen) atoms. The van der Waals surface area contributed by atoms with Crippen LogP contribution in [0.3, 0.4) is 0 Å². The highest BCUT2D eigenvalue weighted by molar-refractivity contribution is 5.35. The van der Waals surface area contributed by atoms with E-state index >= 15 is 0 Å². The molecule has 0 saturated carbocycles. The first-order chi connectivity index (χ1) is 10.3.